The first-order valence-electron chi connectivity index (χ1n) is 5.71. The predicted octanol–water partition coefficient (Wildman–Crippen LogP) is 3.10. The van der Waals surface area contributed by atoms with Crippen molar-refractivity contribution in [2.24, 2.45) is 0 Å². The van der Waals surface area contributed by atoms with E-state index < -0.39 is 5.54 Å². The number of benzene rings is 1. The molecule has 3 heteroatoms. The molecule has 0 spiro atoms. The molecule has 0 radical (unpaired) electrons. The summed E-state index contributed by atoms with van der Waals surface area (Å²) in [6.45, 7) is 5.84. The molecule has 17 heavy (non-hydrogen) atoms. The van der Waals surface area contributed by atoms with E-state index in [1.54, 1.807) is 0 Å². The zero-order valence-corrected chi connectivity index (χ0v) is 11.9. The second-order valence-electron chi connectivity index (χ2n) is 5.15. The third kappa shape index (κ3) is 3.30. The number of ketones is 1. The summed E-state index contributed by atoms with van der Waals surface area (Å²) >= 11 is 6.14. The molecule has 0 bridgehead atoms. The SMILES string of the molecule is Cc1ccc(CC(=O)C(C)(C)N(C)C)c(Cl)c1. The largest absolute Gasteiger partial charge is 0.298 e. The normalized spacial score (nSPS) is 11.9. The van der Waals surface area contributed by atoms with Crippen LogP contribution >= 0.6 is 11.6 Å². The van der Waals surface area contributed by atoms with Crippen LogP contribution in [0.1, 0.15) is 25.0 Å². The summed E-state index contributed by atoms with van der Waals surface area (Å²) in [5, 5.41) is 0.674. The number of halogens is 1. The van der Waals surface area contributed by atoms with E-state index in [0.29, 0.717) is 11.4 Å². The Hall–Kier alpha value is -0.860. The second-order valence-corrected chi connectivity index (χ2v) is 5.56. The van der Waals surface area contributed by atoms with E-state index in [9.17, 15) is 4.79 Å². The Morgan fingerprint density at radius 3 is 2.41 bits per heavy atom. The van der Waals surface area contributed by atoms with Gasteiger partial charge < -0.3 is 0 Å². The Labute approximate surface area is 109 Å². The van der Waals surface area contributed by atoms with Crippen molar-refractivity contribution in [1.29, 1.82) is 0 Å². The summed E-state index contributed by atoms with van der Waals surface area (Å²) in [6.07, 6.45) is 0.379. The van der Waals surface area contributed by atoms with Gasteiger partial charge in [0, 0.05) is 11.4 Å². The molecule has 0 amide bonds. The van der Waals surface area contributed by atoms with Crippen LogP contribution in [0.5, 0.6) is 0 Å². The number of nitrogens with zero attached hydrogens (tertiary/aromatic N) is 1. The van der Waals surface area contributed by atoms with Gasteiger partial charge >= 0.3 is 0 Å². The lowest BCUT2D eigenvalue weighted by atomic mass is 9.92. The van der Waals surface area contributed by atoms with E-state index >= 15 is 0 Å². The number of Topliss-reactive ketones (excluding diaryl/α,β-unsaturated/α-hetero) is 1. The monoisotopic (exact) mass is 253 g/mol. The van der Waals surface area contributed by atoms with E-state index in [1.165, 1.54) is 0 Å². The van der Waals surface area contributed by atoms with Crippen molar-refractivity contribution >= 4 is 17.4 Å². The van der Waals surface area contributed by atoms with E-state index in [-0.39, 0.29) is 5.78 Å². The van der Waals surface area contributed by atoms with Gasteiger partial charge in [0.2, 0.25) is 0 Å². The summed E-state index contributed by atoms with van der Waals surface area (Å²) < 4.78 is 0. The summed E-state index contributed by atoms with van der Waals surface area (Å²) in [6, 6.07) is 5.81. The summed E-state index contributed by atoms with van der Waals surface area (Å²) in [7, 11) is 3.82. The molecule has 0 aromatic heterocycles. The van der Waals surface area contributed by atoms with Crippen LogP contribution in [-0.4, -0.2) is 30.3 Å². The number of carbonyl (C=O) groups excluding carboxylic acids is 1. The number of aryl methyl sites for hydroxylation is 1. The van der Waals surface area contributed by atoms with E-state index in [4.69, 9.17) is 11.6 Å². The van der Waals surface area contributed by atoms with Crippen molar-refractivity contribution in [3.8, 4) is 0 Å². The summed E-state index contributed by atoms with van der Waals surface area (Å²) in [5.74, 6) is 0.174. The first-order valence-corrected chi connectivity index (χ1v) is 6.08. The Bertz CT molecular complexity index is 424. The van der Waals surface area contributed by atoms with E-state index in [1.807, 2.05) is 58.0 Å². The van der Waals surface area contributed by atoms with E-state index in [0.717, 1.165) is 11.1 Å². The fraction of sp³-hybridized carbons (Fsp3) is 0.500. The molecule has 0 aliphatic rings. The van der Waals surface area contributed by atoms with Crippen LogP contribution in [0.15, 0.2) is 18.2 Å². The van der Waals surface area contributed by atoms with Crippen molar-refractivity contribution in [1.82, 2.24) is 4.90 Å². The third-order valence-corrected chi connectivity index (χ3v) is 3.71. The van der Waals surface area contributed by atoms with Gasteiger partial charge in [0.25, 0.3) is 0 Å². The molecular formula is C14H20ClNO. The molecule has 2 nitrogen and oxygen atoms in total. The van der Waals surface area contributed by atoms with E-state index in [2.05, 4.69) is 0 Å². The van der Waals surface area contributed by atoms with Crippen molar-refractivity contribution in [3.63, 3.8) is 0 Å². The Morgan fingerprint density at radius 1 is 1.35 bits per heavy atom. The van der Waals surface area contributed by atoms with Crippen LogP contribution in [0.3, 0.4) is 0 Å². The quantitative estimate of drug-likeness (QED) is 0.822. The molecule has 1 aromatic carbocycles. The highest BCUT2D eigenvalue weighted by molar-refractivity contribution is 6.31. The minimum atomic E-state index is -0.464. The fourth-order valence-corrected chi connectivity index (χ4v) is 1.74. The zero-order chi connectivity index (χ0) is 13.2. The number of rotatable bonds is 4. The van der Waals surface area contributed by atoms with Crippen LogP contribution in [-0.2, 0) is 11.2 Å². The highest BCUT2D eigenvalue weighted by Crippen LogP contribution is 2.21. The first-order chi connectivity index (χ1) is 7.75. The fourth-order valence-electron chi connectivity index (χ4n) is 1.43. The Balaban J connectivity index is 2.89. The molecule has 0 unspecified atom stereocenters. The minimum Gasteiger partial charge on any atom is -0.298 e. The maximum atomic E-state index is 12.2. The molecule has 0 saturated carbocycles. The lowest BCUT2D eigenvalue weighted by Crippen LogP contribution is -2.46. The zero-order valence-electron chi connectivity index (χ0n) is 11.2. The number of likely N-dealkylation sites (N-methyl/N-ethyl adjacent to an activating group) is 1. The Morgan fingerprint density at radius 2 is 1.94 bits per heavy atom. The molecule has 1 aromatic rings. The molecule has 0 aliphatic heterocycles. The topological polar surface area (TPSA) is 20.3 Å². The highest BCUT2D eigenvalue weighted by atomic mass is 35.5. The third-order valence-electron chi connectivity index (χ3n) is 3.36. The molecule has 0 atom stereocenters. The molecule has 0 saturated heterocycles. The van der Waals surface area contributed by atoms with Crippen molar-refractivity contribution in [3.05, 3.63) is 34.3 Å². The van der Waals surface area contributed by atoms with Gasteiger partial charge in [-0.1, -0.05) is 23.7 Å². The lowest BCUT2D eigenvalue weighted by Gasteiger charge is -2.31. The molecule has 0 N–H and O–H groups in total. The van der Waals surface area contributed by atoms with Gasteiger partial charge in [-0.05, 0) is 52.1 Å². The maximum absolute atomic E-state index is 12.2. The van der Waals surface area contributed by atoms with Crippen LogP contribution in [0.2, 0.25) is 5.02 Å². The molecule has 0 fully saturated rings. The maximum Gasteiger partial charge on any atom is 0.156 e. The Kier molecular flexibility index (Phi) is 4.34. The number of hydrogen-bond acceptors (Lipinski definition) is 2. The molecule has 94 valence electrons. The molecule has 0 aliphatic carbocycles. The first kappa shape index (κ1) is 14.2. The highest BCUT2D eigenvalue weighted by Gasteiger charge is 2.29. The minimum absolute atomic E-state index is 0.174. The predicted molar refractivity (Wildman–Crippen MR) is 72.7 cm³/mol. The summed E-state index contributed by atoms with van der Waals surface area (Å²) in [5.41, 5.74) is 1.55. The average Bonchev–Trinajstić information content (AvgIpc) is 2.21. The van der Waals surface area contributed by atoms with Gasteiger partial charge in [-0.25, -0.2) is 0 Å². The van der Waals surface area contributed by atoms with Crippen LogP contribution in [0, 0.1) is 6.92 Å². The van der Waals surface area contributed by atoms with Gasteiger partial charge in [0.05, 0.1) is 5.54 Å². The van der Waals surface area contributed by atoms with Gasteiger partial charge in [-0.2, -0.15) is 0 Å². The molecule has 1 rings (SSSR count). The van der Waals surface area contributed by atoms with Gasteiger partial charge in [0.1, 0.15) is 0 Å². The standard InChI is InChI=1S/C14H20ClNO/c1-10-6-7-11(12(15)8-10)9-13(17)14(2,3)16(4)5/h6-8H,9H2,1-5H3. The number of hydrogen-bond donors (Lipinski definition) is 0. The van der Waals surface area contributed by atoms with Crippen LogP contribution in [0.25, 0.3) is 0 Å². The smallest absolute Gasteiger partial charge is 0.156 e. The van der Waals surface area contributed by atoms with Gasteiger partial charge in [-0.15, -0.1) is 0 Å². The van der Waals surface area contributed by atoms with Gasteiger partial charge in [-0.3, -0.25) is 9.69 Å². The summed E-state index contributed by atoms with van der Waals surface area (Å²) in [4.78, 5) is 14.1. The molecular weight excluding hydrogens is 234 g/mol. The van der Waals surface area contributed by atoms with Crippen molar-refractivity contribution < 1.29 is 4.79 Å². The van der Waals surface area contributed by atoms with Gasteiger partial charge in [0.15, 0.2) is 5.78 Å². The van der Waals surface area contributed by atoms with Crippen LogP contribution in [0.4, 0.5) is 0 Å². The lowest BCUT2D eigenvalue weighted by molar-refractivity contribution is -0.127. The van der Waals surface area contributed by atoms with Crippen molar-refractivity contribution in [2.45, 2.75) is 32.7 Å². The molecule has 0 heterocycles. The average molecular weight is 254 g/mol. The second kappa shape index (κ2) is 5.19. The number of carbonyl (C=O) groups is 1. The van der Waals surface area contributed by atoms with Crippen molar-refractivity contribution in [2.75, 3.05) is 14.1 Å². The van der Waals surface area contributed by atoms with Crippen LogP contribution < -0.4 is 0 Å².